The van der Waals surface area contributed by atoms with Crippen molar-refractivity contribution in [2.75, 3.05) is 0 Å². The molecule has 1 unspecified atom stereocenters. The molecule has 1 atom stereocenters. The van der Waals surface area contributed by atoms with E-state index in [0.717, 1.165) is 12.3 Å². The van der Waals surface area contributed by atoms with Crippen LogP contribution >= 0.6 is 11.6 Å². The van der Waals surface area contributed by atoms with Crippen LogP contribution in [0.15, 0.2) is 0 Å². The minimum Gasteiger partial charge on any atom is -0.352 e. The molecule has 1 rings (SSSR count). The fourth-order valence-electron chi connectivity index (χ4n) is 1.31. The summed E-state index contributed by atoms with van der Waals surface area (Å²) in [7, 11) is 0. The minimum absolute atomic E-state index is 0.0673. The zero-order valence-electron chi connectivity index (χ0n) is 8.56. The smallest absolute Gasteiger partial charge is 0.240 e. The second-order valence-electron chi connectivity index (χ2n) is 4.53. The highest BCUT2D eigenvalue weighted by atomic mass is 35.5. The predicted molar refractivity (Wildman–Crippen MR) is 54.9 cm³/mol. The summed E-state index contributed by atoms with van der Waals surface area (Å²) in [6.45, 7) is 5.47. The third-order valence-electron chi connectivity index (χ3n) is 2.30. The van der Waals surface area contributed by atoms with Gasteiger partial charge >= 0.3 is 0 Å². The lowest BCUT2D eigenvalue weighted by molar-refractivity contribution is -0.123. The molecular formula is C10H18ClNO. The summed E-state index contributed by atoms with van der Waals surface area (Å²) in [5.41, 5.74) is 0. The Bertz CT molecular complexity index is 194. The summed E-state index contributed by atoms with van der Waals surface area (Å²) in [5, 5.41) is 2.92. The summed E-state index contributed by atoms with van der Waals surface area (Å²) < 4.78 is 0. The summed E-state index contributed by atoms with van der Waals surface area (Å²) in [6, 6.07) is 0.262. The van der Waals surface area contributed by atoms with Gasteiger partial charge in [0.2, 0.25) is 5.91 Å². The second-order valence-corrected chi connectivity index (χ2v) is 5.47. The topological polar surface area (TPSA) is 29.1 Å². The average Bonchev–Trinajstić information content (AvgIpc) is 2.68. The van der Waals surface area contributed by atoms with E-state index in [1.807, 2.05) is 6.92 Å². The average molecular weight is 204 g/mol. The molecule has 13 heavy (non-hydrogen) atoms. The molecule has 0 aromatic heterocycles. The molecule has 1 saturated carbocycles. The molecule has 0 aromatic rings. The molecule has 0 aliphatic heterocycles. The number of nitrogens with one attached hydrogen (secondary N) is 1. The molecule has 76 valence electrons. The highest BCUT2D eigenvalue weighted by Crippen LogP contribution is 2.33. The lowest BCUT2D eigenvalue weighted by Gasteiger charge is -2.19. The number of carbonyl (C=O) groups is 1. The van der Waals surface area contributed by atoms with E-state index in [4.69, 9.17) is 11.6 Å². The van der Waals surface area contributed by atoms with Crippen LogP contribution < -0.4 is 5.32 Å². The summed E-state index contributed by atoms with van der Waals surface area (Å²) in [4.78, 5) is 10.7. The molecule has 1 amide bonds. The number of rotatable bonds is 4. The molecule has 1 N–H and O–H groups in total. The number of amides is 1. The summed E-state index contributed by atoms with van der Waals surface area (Å²) in [5.74, 6) is 0.774. The number of halogens is 1. The first kappa shape index (κ1) is 10.8. The first-order valence-corrected chi connectivity index (χ1v) is 5.27. The van der Waals surface area contributed by atoms with Gasteiger partial charge in [0.25, 0.3) is 0 Å². The Labute approximate surface area is 85.0 Å². The van der Waals surface area contributed by atoms with Crippen LogP contribution in [0, 0.1) is 5.92 Å². The fraction of sp³-hybridized carbons (Fsp3) is 0.900. The van der Waals surface area contributed by atoms with Crippen molar-refractivity contribution in [2.45, 2.75) is 50.9 Å². The maximum absolute atomic E-state index is 11.4. The van der Waals surface area contributed by atoms with E-state index in [1.54, 1.807) is 13.8 Å². The van der Waals surface area contributed by atoms with Gasteiger partial charge < -0.3 is 5.32 Å². The summed E-state index contributed by atoms with van der Waals surface area (Å²) >= 11 is 5.87. The largest absolute Gasteiger partial charge is 0.352 e. The van der Waals surface area contributed by atoms with Gasteiger partial charge in [0.05, 0.1) is 0 Å². The number of alkyl halides is 1. The number of carbonyl (C=O) groups excluding carboxylic acids is 1. The van der Waals surface area contributed by atoms with E-state index in [0.29, 0.717) is 0 Å². The molecule has 0 radical (unpaired) electrons. The second kappa shape index (κ2) is 3.87. The van der Waals surface area contributed by atoms with Crippen LogP contribution in [0.1, 0.15) is 40.0 Å². The Morgan fingerprint density at radius 1 is 1.62 bits per heavy atom. The third kappa shape index (κ3) is 3.99. The fourth-order valence-corrected chi connectivity index (χ4v) is 1.36. The molecule has 0 aromatic carbocycles. The van der Waals surface area contributed by atoms with E-state index in [1.165, 1.54) is 12.8 Å². The van der Waals surface area contributed by atoms with Crippen molar-refractivity contribution in [3.8, 4) is 0 Å². The molecule has 2 nitrogen and oxygen atoms in total. The lowest BCUT2D eigenvalue weighted by atomic mass is 10.1. The van der Waals surface area contributed by atoms with Crippen LogP contribution in [0.2, 0.25) is 0 Å². The van der Waals surface area contributed by atoms with Crippen LogP contribution in [0.25, 0.3) is 0 Å². The van der Waals surface area contributed by atoms with Crippen LogP contribution in [-0.4, -0.2) is 16.8 Å². The Morgan fingerprint density at radius 2 is 2.15 bits per heavy atom. The monoisotopic (exact) mass is 203 g/mol. The Hall–Kier alpha value is -0.240. The van der Waals surface area contributed by atoms with Crippen LogP contribution in [0.3, 0.4) is 0 Å². The quantitative estimate of drug-likeness (QED) is 0.699. The van der Waals surface area contributed by atoms with Crippen LogP contribution in [0.4, 0.5) is 0 Å². The van der Waals surface area contributed by atoms with Gasteiger partial charge in [0.1, 0.15) is 4.87 Å². The molecule has 1 fully saturated rings. The van der Waals surface area contributed by atoms with E-state index in [9.17, 15) is 4.79 Å². The predicted octanol–water partition coefficient (Wildman–Crippen LogP) is 2.31. The van der Waals surface area contributed by atoms with Gasteiger partial charge in [-0.1, -0.05) is 12.8 Å². The summed E-state index contributed by atoms with van der Waals surface area (Å²) in [6.07, 6.45) is 3.74. The van der Waals surface area contributed by atoms with Crippen molar-refractivity contribution in [3.05, 3.63) is 0 Å². The van der Waals surface area contributed by atoms with Gasteiger partial charge in [0, 0.05) is 6.04 Å². The van der Waals surface area contributed by atoms with Gasteiger partial charge in [-0.05, 0) is 33.1 Å². The zero-order chi connectivity index (χ0) is 10.1. The molecule has 1 aliphatic carbocycles. The normalized spacial score (nSPS) is 19.7. The van der Waals surface area contributed by atoms with Gasteiger partial charge in [-0.25, -0.2) is 0 Å². The number of hydrogen-bond acceptors (Lipinski definition) is 1. The van der Waals surface area contributed by atoms with E-state index in [2.05, 4.69) is 5.32 Å². The molecule has 0 saturated heterocycles. The highest BCUT2D eigenvalue weighted by Gasteiger charge is 2.28. The van der Waals surface area contributed by atoms with Crippen molar-refractivity contribution in [3.63, 3.8) is 0 Å². The van der Waals surface area contributed by atoms with Crippen molar-refractivity contribution >= 4 is 17.5 Å². The Kier molecular flexibility index (Phi) is 3.23. The Morgan fingerprint density at radius 3 is 2.54 bits per heavy atom. The molecule has 3 heteroatoms. The van der Waals surface area contributed by atoms with Crippen molar-refractivity contribution in [1.82, 2.24) is 5.32 Å². The van der Waals surface area contributed by atoms with E-state index in [-0.39, 0.29) is 11.9 Å². The van der Waals surface area contributed by atoms with Gasteiger partial charge in [-0.3, -0.25) is 4.79 Å². The van der Waals surface area contributed by atoms with Crippen molar-refractivity contribution in [2.24, 2.45) is 5.92 Å². The van der Waals surface area contributed by atoms with E-state index < -0.39 is 4.87 Å². The third-order valence-corrected chi connectivity index (χ3v) is 2.47. The minimum atomic E-state index is -0.780. The molecule has 0 bridgehead atoms. The van der Waals surface area contributed by atoms with Crippen molar-refractivity contribution in [1.29, 1.82) is 0 Å². The maximum atomic E-state index is 11.4. The first-order valence-electron chi connectivity index (χ1n) is 4.89. The van der Waals surface area contributed by atoms with Crippen LogP contribution in [0.5, 0.6) is 0 Å². The highest BCUT2D eigenvalue weighted by molar-refractivity contribution is 6.34. The molecular weight excluding hydrogens is 186 g/mol. The maximum Gasteiger partial charge on any atom is 0.240 e. The zero-order valence-corrected chi connectivity index (χ0v) is 9.32. The molecule has 0 spiro atoms. The van der Waals surface area contributed by atoms with Gasteiger partial charge in [-0.15, -0.1) is 11.6 Å². The molecule has 1 aliphatic rings. The first-order chi connectivity index (χ1) is 5.89. The lowest BCUT2D eigenvalue weighted by Crippen LogP contribution is -2.42. The SMILES string of the molecule is CC(CC1CC1)NC(=O)C(C)(C)Cl. The Balaban J connectivity index is 2.25. The standard InChI is InChI=1S/C10H18ClNO/c1-7(6-8-4-5-8)12-9(13)10(2,3)11/h7-8H,4-6H2,1-3H3,(H,12,13). The van der Waals surface area contributed by atoms with Crippen LogP contribution in [-0.2, 0) is 4.79 Å². The number of hydrogen-bond donors (Lipinski definition) is 1. The van der Waals surface area contributed by atoms with Crippen molar-refractivity contribution < 1.29 is 4.79 Å². The van der Waals surface area contributed by atoms with Gasteiger partial charge in [-0.2, -0.15) is 0 Å². The molecule has 0 heterocycles. The van der Waals surface area contributed by atoms with Gasteiger partial charge in [0.15, 0.2) is 0 Å². The van der Waals surface area contributed by atoms with E-state index >= 15 is 0 Å².